The zero-order valence-electron chi connectivity index (χ0n) is 11.4. The van der Waals surface area contributed by atoms with Gasteiger partial charge in [0.1, 0.15) is 5.82 Å². The Morgan fingerprint density at radius 2 is 1.53 bits per heavy atom. The second-order valence-corrected chi connectivity index (χ2v) is 5.47. The van der Waals surface area contributed by atoms with Gasteiger partial charge in [-0.15, -0.1) is 0 Å². The van der Waals surface area contributed by atoms with Crippen molar-refractivity contribution in [1.82, 2.24) is 4.98 Å². The molecule has 0 saturated carbocycles. The monoisotopic (exact) mass is 294 g/mol. The maximum atomic E-state index is 6.28. The van der Waals surface area contributed by atoms with Gasteiger partial charge < -0.3 is 5.32 Å². The van der Waals surface area contributed by atoms with Crippen LogP contribution < -0.4 is 5.32 Å². The maximum Gasteiger partial charge on any atom is 0.145 e. The summed E-state index contributed by atoms with van der Waals surface area (Å²) in [6.07, 6.45) is 0. The van der Waals surface area contributed by atoms with Gasteiger partial charge in [-0.3, -0.25) is 0 Å². The Hall–Kier alpha value is -1.25. The Labute approximate surface area is 123 Å². The van der Waals surface area contributed by atoms with Gasteiger partial charge >= 0.3 is 0 Å². The summed E-state index contributed by atoms with van der Waals surface area (Å²) in [6, 6.07) is 5.99. The average molecular weight is 295 g/mol. The summed E-state index contributed by atoms with van der Waals surface area (Å²) in [4.78, 5) is 4.52. The van der Waals surface area contributed by atoms with Crippen LogP contribution in [0.1, 0.15) is 16.7 Å². The molecule has 2 rings (SSSR count). The molecule has 0 fully saturated rings. The zero-order valence-corrected chi connectivity index (χ0v) is 12.9. The number of halogens is 2. The number of aryl methyl sites for hydroxylation is 3. The first-order chi connectivity index (χ1) is 8.93. The van der Waals surface area contributed by atoms with Gasteiger partial charge in [0, 0.05) is 12.6 Å². The summed E-state index contributed by atoms with van der Waals surface area (Å²) in [6.45, 7) is 6.25. The van der Waals surface area contributed by atoms with E-state index in [2.05, 4.69) is 43.2 Å². The lowest BCUT2D eigenvalue weighted by Crippen LogP contribution is -1.98. The van der Waals surface area contributed by atoms with Gasteiger partial charge in [-0.25, -0.2) is 4.98 Å². The van der Waals surface area contributed by atoms with Crippen molar-refractivity contribution in [3.8, 4) is 11.3 Å². The van der Waals surface area contributed by atoms with Crippen molar-refractivity contribution in [1.29, 1.82) is 0 Å². The van der Waals surface area contributed by atoms with Crippen LogP contribution in [0.5, 0.6) is 0 Å². The molecule has 1 heterocycles. The van der Waals surface area contributed by atoms with E-state index in [1.807, 2.05) is 0 Å². The molecule has 19 heavy (non-hydrogen) atoms. The molecule has 4 heteroatoms. The normalized spacial score (nSPS) is 10.6. The number of rotatable bonds is 2. The van der Waals surface area contributed by atoms with Crippen LogP contribution in [-0.2, 0) is 0 Å². The van der Waals surface area contributed by atoms with Crippen LogP contribution in [0.15, 0.2) is 18.2 Å². The van der Waals surface area contributed by atoms with E-state index in [9.17, 15) is 0 Å². The molecule has 1 aromatic carbocycles. The molecule has 0 bridgehead atoms. The highest BCUT2D eigenvalue weighted by atomic mass is 35.5. The number of aromatic nitrogens is 1. The van der Waals surface area contributed by atoms with Gasteiger partial charge in [0.05, 0.1) is 15.7 Å². The third-order valence-electron chi connectivity index (χ3n) is 3.26. The van der Waals surface area contributed by atoms with Gasteiger partial charge in [0.2, 0.25) is 0 Å². The highest BCUT2D eigenvalue weighted by Crippen LogP contribution is 2.34. The maximum absolute atomic E-state index is 6.28. The first kappa shape index (κ1) is 14.2. The fourth-order valence-corrected chi connectivity index (χ4v) is 2.60. The minimum atomic E-state index is 0.526. The molecule has 0 unspecified atom stereocenters. The molecule has 1 N–H and O–H groups in total. The molecule has 0 amide bonds. The van der Waals surface area contributed by atoms with Crippen molar-refractivity contribution in [3.05, 3.63) is 44.9 Å². The van der Waals surface area contributed by atoms with Crippen LogP contribution in [0, 0.1) is 20.8 Å². The predicted molar refractivity (Wildman–Crippen MR) is 83.5 cm³/mol. The summed E-state index contributed by atoms with van der Waals surface area (Å²) in [5.41, 5.74) is 5.44. The average Bonchev–Trinajstić information content (AvgIpc) is 2.35. The van der Waals surface area contributed by atoms with Gasteiger partial charge in [-0.05, 0) is 49.6 Å². The molecule has 1 aromatic heterocycles. The number of nitrogens with zero attached hydrogens (tertiary/aromatic N) is 1. The van der Waals surface area contributed by atoms with Crippen LogP contribution in [0.4, 0.5) is 5.82 Å². The number of hydrogen-bond donors (Lipinski definition) is 1. The Morgan fingerprint density at radius 3 is 2.16 bits per heavy atom. The summed E-state index contributed by atoms with van der Waals surface area (Å²) in [5, 5.41) is 4.07. The van der Waals surface area contributed by atoms with E-state index in [-0.39, 0.29) is 0 Å². The molecule has 0 atom stereocenters. The second kappa shape index (κ2) is 5.40. The van der Waals surface area contributed by atoms with Crippen LogP contribution in [0.25, 0.3) is 11.3 Å². The van der Waals surface area contributed by atoms with Crippen molar-refractivity contribution >= 4 is 29.0 Å². The van der Waals surface area contributed by atoms with E-state index in [0.717, 1.165) is 16.8 Å². The first-order valence-corrected chi connectivity index (χ1v) is 6.81. The van der Waals surface area contributed by atoms with Crippen LogP contribution in [0.2, 0.25) is 10.0 Å². The molecular formula is C15H16Cl2N2. The minimum absolute atomic E-state index is 0.526. The predicted octanol–water partition coefficient (Wildman–Crippen LogP) is 5.02. The minimum Gasteiger partial charge on any atom is -0.372 e. The van der Waals surface area contributed by atoms with Crippen molar-refractivity contribution in [3.63, 3.8) is 0 Å². The largest absolute Gasteiger partial charge is 0.372 e. The van der Waals surface area contributed by atoms with E-state index in [0.29, 0.717) is 15.9 Å². The summed E-state index contributed by atoms with van der Waals surface area (Å²) in [5.74, 6) is 0.638. The second-order valence-electron chi connectivity index (χ2n) is 4.65. The topological polar surface area (TPSA) is 24.9 Å². The Balaban J connectivity index is 2.68. The molecule has 0 radical (unpaired) electrons. The summed E-state index contributed by atoms with van der Waals surface area (Å²) in [7, 11) is 1.79. The number of benzene rings is 1. The van der Waals surface area contributed by atoms with Gasteiger partial charge in [0.15, 0.2) is 0 Å². The lowest BCUT2D eigenvalue weighted by molar-refractivity contribution is 1.25. The summed E-state index contributed by atoms with van der Waals surface area (Å²) < 4.78 is 0. The van der Waals surface area contributed by atoms with Crippen LogP contribution >= 0.6 is 23.2 Å². The lowest BCUT2D eigenvalue weighted by atomic mass is 9.98. The third kappa shape index (κ3) is 2.70. The van der Waals surface area contributed by atoms with E-state index in [1.165, 1.54) is 11.1 Å². The molecular weight excluding hydrogens is 279 g/mol. The molecule has 0 saturated heterocycles. The van der Waals surface area contributed by atoms with Gasteiger partial charge in [-0.2, -0.15) is 0 Å². The third-order valence-corrected chi connectivity index (χ3v) is 3.84. The van der Waals surface area contributed by atoms with Crippen molar-refractivity contribution in [2.45, 2.75) is 20.8 Å². The van der Waals surface area contributed by atoms with E-state index in [4.69, 9.17) is 23.2 Å². The molecule has 0 aliphatic heterocycles. The number of nitrogens with one attached hydrogen (secondary N) is 1. The molecule has 2 aromatic rings. The number of pyridine rings is 1. The molecule has 2 nitrogen and oxygen atoms in total. The van der Waals surface area contributed by atoms with E-state index >= 15 is 0 Å². The first-order valence-electron chi connectivity index (χ1n) is 6.06. The quantitative estimate of drug-likeness (QED) is 0.841. The molecule has 100 valence electrons. The SMILES string of the molecule is CNc1nc(-c2cc(C)c(C)cc2C)c(Cl)cc1Cl. The van der Waals surface area contributed by atoms with Crippen LogP contribution in [0.3, 0.4) is 0 Å². The highest BCUT2D eigenvalue weighted by Gasteiger charge is 2.13. The Bertz CT molecular complexity index is 637. The van der Waals surface area contributed by atoms with E-state index < -0.39 is 0 Å². The standard InChI is InChI=1S/C15H16Cl2N2/c1-8-5-10(3)11(6-9(8)2)14-12(16)7-13(17)15(18-4)19-14/h5-7H,1-4H3,(H,18,19). The van der Waals surface area contributed by atoms with Gasteiger partial charge in [0.25, 0.3) is 0 Å². The summed E-state index contributed by atoms with van der Waals surface area (Å²) >= 11 is 12.4. The Morgan fingerprint density at radius 1 is 0.895 bits per heavy atom. The fourth-order valence-electron chi connectivity index (χ4n) is 2.05. The van der Waals surface area contributed by atoms with Crippen molar-refractivity contribution in [2.24, 2.45) is 0 Å². The smallest absolute Gasteiger partial charge is 0.145 e. The molecule has 0 aliphatic carbocycles. The van der Waals surface area contributed by atoms with Gasteiger partial charge in [-0.1, -0.05) is 29.3 Å². The zero-order chi connectivity index (χ0) is 14.2. The lowest BCUT2D eigenvalue weighted by Gasteiger charge is -2.13. The van der Waals surface area contributed by atoms with Crippen LogP contribution in [-0.4, -0.2) is 12.0 Å². The van der Waals surface area contributed by atoms with Crippen molar-refractivity contribution in [2.75, 3.05) is 12.4 Å². The van der Waals surface area contributed by atoms with E-state index in [1.54, 1.807) is 13.1 Å². The number of hydrogen-bond acceptors (Lipinski definition) is 2. The molecule has 0 aliphatic rings. The fraction of sp³-hybridized carbons (Fsp3) is 0.267. The number of anilines is 1. The Kier molecular flexibility index (Phi) is 4.02. The molecule has 0 spiro atoms. The van der Waals surface area contributed by atoms with Crippen molar-refractivity contribution < 1.29 is 0 Å². The highest BCUT2D eigenvalue weighted by molar-refractivity contribution is 6.37.